The lowest BCUT2D eigenvalue weighted by Gasteiger charge is -2.38. The van der Waals surface area contributed by atoms with E-state index in [1.807, 2.05) is 23.1 Å². The van der Waals surface area contributed by atoms with Crippen molar-refractivity contribution in [3.05, 3.63) is 30.1 Å². The Bertz CT molecular complexity index is 623. The maximum Gasteiger partial charge on any atom is 0.253 e. The van der Waals surface area contributed by atoms with E-state index in [2.05, 4.69) is 23.8 Å². The molecule has 2 heterocycles. The van der Waals surface area contributed by atoms with Crippen LogP contribution in [0.3, 0.4) is 0 Å². The van der Waals surface area contributed by atoms with E-state index in [0.29, 0.717) is 5.41 Å². The van der Waals surface area contributed by atoms with Crippen LogP contribution in [0.1, 0.15) is 43.5 Å². The number of H-pyrrole nitrogens is 1. The highest BCUT2D eigenvalue weighted by Crippen LogP contribution is 2.34. The molecule has 1 saturated heterocycles. The molecule has 0 bridgehead atoms. The summed E-state index contributed by atoms with van der Waals surface area (Å²) in [5.41, 5.74) is 2.98. The van der Waals surface area contributed by atoms with Gasteiger partial charge in [-0.1, -0.05) is 20.3 Å². The molecule has 1 aromatic carbocycles. The third-order valence-electron chi connectivity index (χ3n) is 4.78. The number of aromatic amines is 1. The number of carbonyl (C=O) groups is 1. The van der Waals surface area contributed by atoms with Crippen LogP contribution >= 0.6 is 0 Å². The van der Waals surface area contributed by atoms with Gasteiger partial charge in [0, 0.05) is 18.7 Å². The first-order valence-electron chi connectivity index (χ1n) is 7.34. The Hall–Kier alpha value is -1.84. The highest BCUT2D eigenvalue weighted by molar-refractivity contribution is 5.97. The molecule has 4 nitrogen and oxygen atoms in total. The number of hydrogen-bond donors (Lipinski definition) is 1. The van der Waals surface area contributed by atoms with Crippen molar-refractivity contribution < 1.29 is 4.79 Å². The lowest BCUT2D eigenvalue weighted by atomic mass is 9.78. The minimum atomic E-state index is 0.139. The SMILES string of the molecule is CCC1(C)CCN(C(=O)c2ccc3nc[nH]c3c2)CC1. The van der Waals surface area contributed by atoms with Crippen LogP contribution in [0.15, 0.2) is 24.5 Å². The highest BCUT2D eigenvalue weighted by Gasteiger charge is 2.30. The van der Waals surface area contributed by atoms with Crippen molar-refractivity contribution in [3.63, 3.8) is 0 Å². The fraction of sp³-hybridized carbons (Fsp3) is 0.500. The van der Waals surface area contributed by atoms with Crippen molar-refractivity contribution in [1.82, 2.24) is 14.9 Å². The van der Waals surface area contributed by atoms with Gasteiger partial charge in [0.2, 0.25) is 0 Å². The Morgan fingerprint density at radius 2 is 2.15 bits per heavy atom. The number of hydrogen-bond acceptors (Lipinski definition) is 2. The predicted molar refractivity (Wildman–Crippen MR) is 79.6 cm³/mol. The monoisotopic (exact) mass is 271 g/mol. The molecule has 0 radical (unpaired) electrons. The second-order valence-electron chi connectivity index (χ2n) is 6.09. The summed E-state index contributed by atoms with van der Waals surface area (Å²) >= 11 is 0. The predicted octanol–water partition coefficient (Wildman–Crippen LogP) is 3.22. The zero-order valence-corrected chi connectivity index (χ0v) is 12.1. The van der Waals surface area contributed by atoms with Crippen LogP contribution in [0.5, 0.6) is 0 Å². The maximum absolute atomic E-state index is 12.6. The van der Waals surface area contributed by atoms with Gasteiger partial charge < -0.3 is 9.88 Å². The van der Waals surface area contributed by atoms with Crippen molar-refractivity contribution in [2.24, 2.45) is 5.41 Å². The average molecular weight is 271 g/mol. The van der Waals surface area contributed by atoms with Gasteiger partial charge in [0.15, 0.2) is 0 Å². The summed E-state index contributed by atoms with van der Waals surface area (Å²) in [6.07, 6.45) is 5.05. The summed E-state index contributed by atoms with van der Waals surface area (Å²) in [5, 5.41) is 0. The fourth-order valence-corrected chi connectivity index (χ4v) is 2.85. The largest absolute Gasteiger partial charge is 0.345 e. The topological polar surface area (TPSA) is 49.0 Å². The summed E-state index contributed by atoms with van der Waals surface area (Å²) in [4.78, 5) is 21.8. The van der Waals surface area contributed by atoms with Crippen LogP contribution < -0.4 is 0 Å². The van der Waals surface area contributed by atoms with E-state index in [9.17, 15) is 4.79 Å². The molecule has 1 aromatic heterocycles. The Kier molecular flexibility index (Phi) is 3.24. The standard InChI is InChI=1S/C16H21N3O/c1-3-16(2)6-8-19(9-7-16)15(20)12-4-5-13-14(10-12)18-11-17-13/h4-5,10-11H,3,6-9H2,1-2H3,(H,17,18). The van der Waals surface area contributed by atoms with Gasteiger partial charge in [0.25, 0.3) is 5.91 Å². The van der Waals surface area contributed by atoms with Gasteiger partial charge in [-0.15, -0.1) is 0 Å². The quantitative estimate of drug-likeness (QED) is 0.911. The molecule has 0 aliphatic carbocycles. The second kappa shape index (κ2) is 4.93. The van der Waals surface area contributed by atoms with Gasteiger partial charge in [-0.05, 0) is 36.5 Å². The molecule has 0 atom stereocenters. The van der Waals surface area contributed by atoms with Crippen molar-refractivity contribution in [3.8, 4) is 0 Å². The van der Waals surface area contributed by atoms with E-state index in [0.717, 1.165) is 42.5 Å². The number of likely N-dealkylation sites (tertiary alicyclic amines) is 1. The van der Waals surface area contributed by atoms with Crippen molar-refractivity contribution >= 4 is 16.9 Å². The van der Waals surface area contributed by atoms with E-state index in [1.54, 1.807) is 6.33 Å². The molecule has 0 unspecified atom stereocenters. The van der Waals surface area contributed by atoms with Gasteiger partial charge in [0.05, 0.1) is 17.4 Å². The molecule has 0 saturated carbocycles. The number of nitrogens with one attached hydrogen (secondary N) is 1. The zero-order valence-electron chi connectivity index (χ0n) is 12.1. The fourth-order valence-electron chi connectivity index (χ4n) is 2.85. The van der Waals surface area contributed by atoms with Crippen LogP contribution in [0.4, 0.5) is 0 Å². The number of benzene rings is 1. The Morgan fingerprint density at radius 3 is 2.85 bits per heavy atom. The number of fused-ring (bicyclic) bond motifs is 1. The van der Waals surface area contributed by atoms with E-state index in [-0.39, 0.29) is 5.91 Å². The van der Waals surface area contributed by atoms with E-state index in [1.165, 1.54) is 6.42 Å². The van der Waals surface area contributed by atoms with Crippen LogP contribution in [-0.2, 0) is 0 Å². The molecule has 3 rings (SSSR count). The van der Waals surface area contributed by atoms with Crippen molar-refractivity contribution in [2.75, 3.05) is 13.1 Å². The second-order valence-corrected chi connectivity index (χ2v) is 6.09. The van der Waals surface area contributed by atoms with Gasteiger partial charge >= 0.3 is 0 Å². The lowest BCUT2D eigenvalue weighted by Crippen LogP contribution is -2.41. The molecule has 1 amide bonds. The molecule has 106 valence electrons. The lowest BCUT2D eigenvalue weighted by molar-refractivity contribution is 0.0600. The highest BCUT2D eigenvalue weighted by atomic mass is 16.2. The van der Waals surface area contributed by atoms with Crippen LogP contribution in [0.25, 0.3) is 11.0 Å². The van der Waals surface area contributed by atoms with Crippen molar-refractivity contribution in [1.29, 1.82) is 0 Å². The third kappa shape index (κ3) is 2.30. The Labute approximate surface area is 119 Å². The molecule has 1 N–H and O–H groups in total. The molecule has 0 spiro atoms. The summed E-state index contributed by atoms with van der Waals surface area (Å²) in [6, 6.07) is 5.68. The summed E-state index contributed by atoms with van der Waals surface area (Å²) < 4.78 is 0. The van der Waals surface area contributed by atoms with Crippen LogP contribution in [0.2, 0.25) is 0 Å². The van der Waals surface area contributed by atoms with Crippen molar-refractivity contribution in [2.45, 2.75) is 33.1 Å². The van der Waals surface area contributed by atoms with Gasteiger partial charge in [-0.25, -0.2) is 4.98 Å². The summed E-state index contributed by atoms with van der Waals surface area (Å²) in [6.45, 7) is 6.30. The first-order valence-corrected chi connectivity index (χ1v) is 7.34. The Morgan fingerprint density at radius 1 is 1.40 bits per heavy atom. The number of imidazole rings is 1. The van der Waals surface area contributed by atoms with Gasteiger partial charge in [0.1, 0.15) is 0 Å². The number of rotatable bonds is 2. The first-order chi connectivity index (χ1) is 9.61. The number of amides is 1. The molecule has 1 fully saturated rings. The third-order valence-corrected chi connectivity index (χ3v) is 4.78. The number of aromatic nitrogens is 2. The molecule has 20 heavy (non-hydrogen) atoms. The average Bonchev–Trinajstić information content (AvgIpc) is 2.94. The zero-order chi connectivity index (χ0) is 14.2. The minimum absolute atomic E-state index is 0.139. The van der Waals surface area contributed by atoms with Gasteiger partial charge in [-0.3, -0.25) is 4.79 Å². The van der Waals surface area contributed by atoms with E-state index in [4.69, 9.17) is 0 Å². The molecule has 1 aliphatic heterocycles. The number of nitrogens with zero attached hydrogens (tertiary/aromatic N) is 2. The van der Waals surface area contributed by atoms with E-state index >= 15 is 0 Å². The number of carbonyl (C=O) groups excluding carboxylic acids is 1. The molecular weight excluding hydrogens is 250 g/mol. The van der Waals surface area contributed by atoms with Crippen LogP contribution in [-0.4, -0.2) is 33.9 Å². The normalized spacial score (nSPS) is 18.4. The summed E-state index contributed by atoms with van der Waals surface area (Å²) in [5.74, 6) is 0.139. The van der Waals surface area contributed by atoms with E-state index < -0.39 is 0 Å². The minimum Gasteiger partial charge on any atom is -0.345 e. The Balaban J connectivity index is 1.76. The molecular formula is C16H21N3O. The van der Waals surface area contributed by atoms with Crippen LogP contribution in [0, 0.1) is 5.41 Å². The maximum atomic E-state index is 12.6. The molecule has 1 aliphatic rings. The molecule has 4 heteroatoms. The summed E-state index contributed by atoms with van der Waals surface area (Å²) in [7, 11) is 0. The van der Waals surface area contributed by atoms with Gasteiger partial charge in [-0.2, -0.15) is 0 Å². The molecule has 2 aromatic rings. The number of piperidine rings is 1. The first kappa shape index (κ1) is 13.2. The smallest absolute Gasteiger partial charge is 0.253 e.